The van der Waals surface area contributed by atoms with Crippen molar-refractivity contribution in [3.05, 3.63) is 23.4 Å². The quantitative estimate of drug-likeness (QED) is 0.830. The molecule has 2 fully saturated rings. The van der Waals surface area contributed by atoms with E-state index in [0.29, 0.717) is 6.42 Å². The third kappa shape index (κ3) is 3.25. The van der Waals surface area contributed by atoms with Crippen LogP contribution in [0.25, 0.3) is 11.4 Å². The number of nitrogens with zero attached hydrogens (tertiary/aromatic N) is 3. The standard InChI is InChI=1S/C17H23N3O4S/c1-11-9-15(12(2)24-11)17-18-16(13-3-6-23-7-4-13)19-20(17)14-5-8-25(21,22)10-14/h9,13-14H,3-8,10H2,1-2H3/t14-/m1/s1. The van der Waals surface area contributed by atoms with Gasteiger partial charge in [0, 0.05) is 19.1 Å². The topological polar surface area (TPSA) is 87.2 Å². The van der Waals surface area contributed by atoms with Gasteiger partial charge >= 0.3 is 0 Å². The molecular formula is C17H23N3O4S. The zero-order chi connectivity index (χ0) is 17.6. The van der Waals surface area contributed by atoms with Crippen molar-refractivity contribution in [2.45, 2.75) is 45.1 Å². The SMILES string of the molecule is Cc1cc(-c2nc(C3CCOCC3)nn2[C@@H]2CCS(=O)(=O)C2)c(C)o1. The van der Waals surface area contributed by atoms with Crippen LogP contribution in [0, 0.1) is 13.8 Å². The van der Waals surface area contributed by atoms with Gasteiger partial charge in [0.2, 0.25) is 0 Å². The minimum Gasteiger partial charge on any atom is -0.466 e. The average Bonchev–Trinajstić information content (AvgIpc) is 3.24. The van der Waals surface area contributed by atoms with Gasteiger partial charge in [0.05, 0.1) is 23.1 Å². The van der Waals surface area contributed by atoms with E-state index in [1.54, 1.807) is 0 Å². The van der Waals surface area contributed by atoms with Crippen molar-refractivity contribution >= 4 is 9.84 Å². The monoisotopic (exact) mass is 365 g/mol. The van der Waals surface area contributed by atoms with Crippen LogP contribution in [0.1, 0.15) is 48.6 Å². The van der Waals surface area contributed by atoms with E-state index in [4.69, 9.17) is 19.2 Å². The summed E-state index contributed by atoms with van der Waals surface area (Å²) >= 11 is 0. The van der Waals surface area contributed by atoms with Crippen molar-refractivity contribution in [2.24, 2.45) is 0 Å². The van der Waals surface area contributed by atoms with Crippen molar-refractivity contribution in [2.75, 3.05) is 24.7 Å². The summed E-state index contributed by atoms with van der Waals surface area (Å²) in [5, 5.41) is 4.75. The summed E-state index contributed by atoms with van der Waals surface area (Å²) in [6, 6.07) is 1.79. The summed E-state index contributed by atoms with van der Waals surface area (Å²) in [5.74, 6) is 3.72. The van der Waals surface area contributed by atoms with E-state index >= 15 is 0 Å². The smallest absolute Gasteiger partial charge is 0.162 e. The molecule has 25 heavy (non-hydrogen) atoms. The van der Waals surface area contributed by atoms with Crippen molar-refractivity contribution in [1.82, 2.24) is 14.8 Å². The first kappa shape index (κ1) is 16.8. The van der Waals surface area contributed by atoms with Crippen LogP contribution in [0.2, 0.25) is 0 Å². The normalized spacial score (nSPS) is 24.0. The van der Waals surface area contributed by atoms with Gasteiger partial charge in [0.15, 0.2) is 21.5 Å². The van der Waals surface area contributed by atoms with E-state index in [2.05, 4.69) is 0 Å². The van der Waals surface area contributed by atoms with Gasteiger partial charge in [-0.05, 0) is 39.2 Å². The zero-order valence-corrected chi connectivity index (χ0v) is 15.4. The first-order valence-corrected chi connectivity index (χ1v) is 10.6. The zero-order valence-electron chi connectivity index (χ0n) is 14.6. The highest BCUT2D eigenvalue weighted by atomic mass is 32.2. The summed E-state index contributed by atoms with van der Waals surface area (Å²) in [4.78, 5) is 4.81. The Labute approximate surface area is 147 Å². The second kappa shape index (κ2) is 6.25. The number of furan rings is 1. The van der Waals surface area contributed by atoms with Gasteiger partial charge in [-0.2, -0.15) is 5.10 Å². The molecule has 0 spiro atoms. The van der Waals surface area contributed by atoms with Crippen molar-refractivity contribution in [3.63, 3.8) is 0 Å². The van der Waals surface area contributed by atoms with Crippen LogP contribution in [0.5, 0.6) is 0 Å². The number of aromatic nitrogens is 3. The highest BCUT2D eigenvalue weighted by Crippen LogP contribution is 2.34. The molecule has 0 aromatic carbocycles. The van der Waals surface area contributed by atoms with Crippen molar-refractivity contribution in [3.8, 4) is 11.4 Å². The number of ether oxygens (including phenoxy) is 1. The first-order valence-electron chi connectivity index (χ1n) is 8.75. The lowest BCUT2D eigenvalue weighted by Crippen LogP contribution is -2.17. The van der Waals surface area contributed by atoms with Gasteiger partial charge in [-0.1, -0.05) is 0 Å². The second-order valence-electron chi connectivity index (χ2n) is 7.01. The molecule has 2 aliphatic rings. The minimum atomic E-state index is -3.00. The molecule has 2 aromatic heterocycles. The Bertz CT molecular complexity index is 878. The molecule has 7 nitrogen and oxygen atoms in total. The Morgan fingerprint density at radius 1 is 1.20 bits per heavy atom. The molecule has 2 aromatic rings. The summed E-state index contributed by atoms with van der Waals surface area (Å²) in [6.45, 7) is 5.24. The van der Waals surface area contributed by atoms with Crippen molar-refractivity contribution in [1.29, 1.82) is 0 Å². The molecule has 4 rings (SSSR count). The average molecular weight is 365 g/mol. The van der Waals surface area contributed by atoms with Crippen LogP contribution < -0.4 is 0 Å². The van der Waals surface area contributed by atoms with E-state index in [-0.39, 0.29) is 23.5 Å². The molecule has 1 atom stereocenters. The Balaban J connectivity index is 1.77. The maximum atomic E-state index is 11.9. The third-order valence-corrected chi connectivity index (χ3v) is 6.82. The Hall–Kier alpha value is -1.67. The van der Waals surface area contributed by atoms with E-state index in [0.717, 1.165) is 54.8 Å². The first-order chi connectivity index (χ1) is 11.9. The van der Waals surface area contributed by atoms with Gasteiger partial charge in [-0.3, -0.25) is 0 Å². The van der Waals surface area contributed by atoms with E-state index in [1.165, 1.54) is 0 Å². The predicted octanol–water partition coefficient (Wildman–Crippen LogP) is 2.41. The molecule has 136 valence electrons. The Kier molecular flexibility index (Phi) is 4.19. The molecule has 2 aliphatic heterocycles. The lowest BCUT2D eigenvalue weighted by atomic mass is 10.00. The number of hydrogen-bond acceptors (Lipinski definition) is 6. The minimum absolute atomic E-state index is 0.131. The van der Waals surface area contributed by atoms with Crippen LogP contribution in [-0.2, 0) is 14.6 Å². The largest absolute Gasteiger partial charge is 0.466 e. The Morgan fingerprint density at radius 2 is 1.96 bits per heavy atom. The van der Waals surface area contributed by atoms with Crippen molar-refractivity contribution < 1.29 is 17.6 Å². The highest BCUT2D eigenvalue weighted by Gasteiger charge is 2.34. The molecule has 2 saturated heterocycles. The van der Waals surface area contributed by atoms with Gasteiger partial charge in [-0.15, -0.1) is 0 Å². The lowest BCUT2D eigenvalue weighted by Gasteiger charge is -2.19. The van der Waals surface area contributed by atoms with E-state index in [1.807, 2.05) is 24.6 Å². The maximum Gasteiger partial charge on any atom is 0.162 e. The highest BCUT2D eigenvalue weighted by molar-refractivity contribution is 7.91. The van der Waals surface area contributed by atoms with Gasteiger partial charge < -0.3 is 9.15 Å². The molecule has 4 heterocycles. The molecule has 0 bridgehead atoms. The van der Waals surface area contributed by atoms with Crippen LogP contribution in [0.4, 0.5) is 0 Å². The second-order valence-corrected chi connectivity index (χ2v) is 9.24. The lowest BCUT2D eigenvalue weighted by molar-refractivity contribution is 0.0835. The Morgan fingerprint density at radius 3 is 2.56 bits per heavy atom. The molecule has 0 aliphatic carbocycles. The number of rotatable bonds is 3. The molecule has 0 radical (unpaired) electrons. The predicted molar refractivity (Wildman–Crippen MR) is 92.3 cm³/mol. The molecule has 8 heteroatoms. The molecule has 0 amide bonds. The molecular weight excluding hydrogens is 342 g/mol. The summed E-state index contributed by atoms with van der Waals surface area (Å²) in [6.07, 6.45) is 2.38. The van der Waals surface area contributed by atoms with Crippen LogP contribution >= 0.6 is 0 Å². The maximum absolute atomic E-state index is 11.9. The van der Waals surface area contributed by atoms with Gasteiger partial charge in [0.1, 0.15) is 11.5 Å². The summed E-state index contributed by atoms with van der Waals surface area (Å²) in [7, 11) is -3.00. The fourth-order valence-electron chi connectivity index (χ4n) is 3.73. The third-order valence-electron chi connectivity index (χ3n) is 5.07. The molecule has 0 unspecified atom stereocenters. The van der Waals surface area contributed by atoms with Crippen LogP contribution in [0.15, 0.2) is 10.5 Å². The van der Waals surface area contributed by atoms with Crippen LogP contribution in [-0.4, -0.2) is 47.9 Å². The van der Waals surface area contributed by atoms with Gasteiger partial charge in [0.25, 0.3) is 0 Å². The molecule has 0 N–H and O–H groups in total. The molecule has 0 saturated carbocycles. The number of sulfone groups is 1. The fraction of sp³-hybridized carbons (Fsp3) is 0.647. The number of hydrogen-bond donors (Lipinski definition) is 0. The number of aryl methyl sites for hydroxylation is 2. The van der Waals surface area contributed by atoms with E-state index in [9.17, 15) is 8.42 Å². The fourth-order valence-corrected chi connectivity index (χ4v) is 5.42. The van der Waals surface area contributed by atoms with E-state index < -0.39 is 9.84 Å². The summed E-state index contributed by atoms with van der Waals surface area (Å²) < 4.78 is 36.8. The summed E-state index contributed by atoms with van der Waals surface area (Å²) in [5.41, 5.74) is 0.896. The van der Waals surface area contributed by atoms with Gasteiger partial charge in [-0.25, -0.2) is 18.1 Å². The van der Waals surface area contributed by atoms with Crippen LogP contribution in [0.3, 0.4) is 0 Å².